The van der Waals surface area contributed by atoms with Crippen LogP contribution < -0.4 is 10.1 Å². The van der Waals surface area contributed by atoms with Crippen molar-refractivity contribution >= 4 is 17.5 Å². The van der Waals surface area contributed by atoms with E-state index in [1.807, 2.05) is 13.8 Å². The molecule has 1 amide bonds. The third-order valence-corrected chi connectivity index (χ3v) is 2.80. The molecule has 0 saturated carbocycles. The molecule has 2 N–H and O–H groups in total. The molecule has 0 radical (unpaired) electrons. The smallest absolute Gasteiger partial charge is 0.255 e. The third-order valence-electron chi connectivity index (χ3n) is 2.56. The van der Waals surface area contributed by atoms with Gasteiger partial charge in [-0.05, 0) is 18.2 Å². The van der Waals surface area contributed by atoms with Gasteiger partial charge in [-0.15, -0.1) is 0 Å². The summed E-state index contributed by atoms with van der Waals surface area (Å²) in [6.45, 7) is 4.12. The fourth-order valence-corrected chi connectivity index (χ4v) is 1.49. The van der Waals surface area contributed by atoms with Gasteiger partial charge < -0.3 is 15.2 Å². The van der Waals surface area contributed by atoms with Crippen molar-refractivity contribution in [2.75, 3.05) is 20.3 Å². The minimum absolute atomic E-state index is 0.00499. The van der Waals surface area contributed by atoms with Crippen LogP contribution in [0.25, 0.3) is 0 Å². The number of ether oxygens (including phenoxy) is 1. The second-order valence-corrected chi connectivity index (χ2v) is 5.29. The van der Waals surface area contributed by atoms with Crippen LogP contribution >= 0.6 is 11.6 Å². The fraction of sp³-hybridized carbons (Fsp3) is 0.462. The molecule has 0 aliphatic heterocycles. The van der Waals surface area contributed by atoms with E-state index >= 15 is 0 Å². The largest absolute Gasteiger partial charge is 0.496 e. The number of methoxy groups -OCH3 is 1. The summed E-state index contributed by atoms with van der Waals surface area (Å²) in [7, 11) is 1.49. The van der Waals surface area contributed by atoms with Crippen molar-refractivity contribution in [1.29, 1.82) is 0 Å². The maximum atomic E-state index is 12.0. The van der Waals surface area contributed by atoms with E-state index in [-0.39, 0.29) is 17.9 Å². The molecule has 0 spiro atoms. The molecule has 0 aliphatic carbocycles. The molecule has 0 unspecified atom stereocenters. The Labute approximate surface area is 112 Å². The molecule has 0 saturated heterocycles. The van der Waals surface area contributed by atoms with E-state index in [1.165, 1.54) is 7.11 Å². The molecule has 4 nitrogen and oxygen atoms in total. The Morgan fingerprint density at radius 3 is 2.72 bits per heavy atom. The van der Waals surface area contributed by atoms with Gasteiger partial charge in [-0.2, -0.15) is 0 Å². The maximum absolute atomic E-state index is 12.0. The van der Waals surface area contributed by atoms with E-state index in [1.54, 1.807) is 18.2 Å². The van der Waals surface area contributed by atoms with Crippen molar-refractivity contribution in [1.82, 2.24) is 5.32 Å². The first kappa shape index (κ1) is 14.8. The predicted octanol–water partition coefficient (Wildman–Crippen LogP) is 2.10. The van der Waals surface area contributed by atoms with E-state index in [0.29, 0.717) is 22.9 Å². The zero-order chi connectivity index (χ0) is 13.8. The maximum Gasteiger partial charge on any atom is 0.255 e. The van der Waals surface area contributed by atoms with E-state index < -0.39 is 0 Å². The van der Waals surface area contributed by atoms with Gasteiger partial charge in [0, 0.05) is 23.6 Å². The third kappa shape index (κ3) is 3.89. The van der Waals surface area contributed by atoms with Crippen molar-refractivity contribution in [3.8, 4) is 5.75 Å². The van der Waals surface area contributed by atoms with Gasteiger partial charge in [-0.25, -0.2) is 0 Å². The van der Waals surface area contributed by atoms with Crippen molar-refractivity contribution in [2.24, 2.45) is 5.41 Å². The molecular formula is C13H18ClNO3. The molecule has 0 aliphatic rings. The number of aliphatic hydroxyl groups is 1. The highest BCUT2D eigenvalue weighted by atomic mass is 35.5. The number of rotatable bonds is 5. The lowest BCUT2D eigenvalue weighted by Crippen LogP contribution is -2.36. The number of aliphatic hydroxyl groups excluding tert-OH is 1. The predicted molar refractivity (Wildman–Crippen MR) is 71.2 cm³/mol. The topological polar surface area (TPSA) is 58.6 Å². The molecular weight excluding hydrogens is 254 g/mol. The van der Waals surface area contributed by atoms with Crippen LogP contribution in [-0.2, 0) is 0 Å². The standard InChI is InChI=1S/C13H18ClNO3/c1-13(2,8-16)7-15-12(17)10-5-4-9(14)6-11(10)18-3/h4-6,16H,7-8H2,1-3H3,(H,15,17). The second kappa shape index (κ2) is 6.07. The summed E-state index contributed by atoms with van der Waals surface area (Å²) in [5.41, 5.74) is 0.0747. The Balaban J connectivity index is 2.79. The van der Waals surface area contributed by atoms with Gasteiger partial charge in [-0.3, -0.25) is 4.79 Å². The van der Waals surface area contributed by atoms with Crippen LogP contribution in [0.2, 0.25) is 5.02 Å². The first-order valence-corrected chi connectivity index (χ1v) is 6.00. The molecule has 0 aromatic heterocycles. The monoisotopic (exact) mass is 271 g/mol. The highest BCUT2D eigenvalue weighted by Gasteiger charge is 2.19. The summed E-state index contributed by atoms with van der Waals surface area (Å²) >= 11 is 5.83. The fourth-order valence-electron chi connectivity index (χ4n) is 1.32. The van der Waals surface area contributed by atoms with Crippen molar-refractivity contribution < 1.29 is 14.6 Å². The average Bonchev–Trinajstić information content (AvgIpc) is 2.36. The minimum Gasteiger partial charge on any atom is -0.496 e. The Kier molecular flexibility index (Phi) is 4.99. The summed E-state index contributed by atoms with van der Waals surface area (Å²) in [4.78, 5) is 12.0. The van der Waals surface area contributed by atoms with Crippen LogP contribution in [0.15, 0.2) is 18.2 Å². The van der Waals surface area contributed by atoms with Crippen LogP contribution in [-0.4, -0.2) is 31.3 Å². The van der Waals surface area contributed by atoms with E-state index in [9.17, 15) is 4.79 Å². The van der Waals surface area contributed by atoms with E-state index in [4.69, 9.17) is 21.4 Å². The van der Waals surface area contributed by atoms with Gasteiger partial charge in [0.2, 0.25) is 0 Å². The second-order valence-electron chi connectivity index (χ2n) is 4.85. The number of halogens is 1. The average molecular weight is 272 g/mol. The summed E-state index contributed by atoms with van der Waals surface area (Å²) in [6, 6.07) is 4.84. The molecule has 18 heavy (non-hydrogen) atoms. The molecule has 0 heterocycles. The Bertz CT molecular complexity index is 432. The van der Waals surface area contributed by atoms with Crippen molar-refractivity contribution in [3.05, 3.63) is 28.8 Å². The molecule has 0 atom stereocenters. The summed E-state index contributed by atoms with van der Waals surface area (Å²) in [5.74, 6) is 0.187. The number of amides is 1. The molecule has 1 rings (SSSR count). The number of nitrogens with one attached hydrogen (secondary N) is 1. The van der Waals surface area contributed by atoms with Gasteiger partial charge in [0.25, 0.3) is 5.91 Å². The highest BCUT2D eigenvalue weighted by molar-refractivity contribution is 6.30. The van der Waals surface area contributed by atoms with Gasteiger partial charge in [-0.1, -0.05) is 25.4 Å². The number of carbonyl (C=O) groups excluding carboxylic acids is 1. The normalized spacial score (nSPS) is 11.2. The van der Waals surface area contributed by atoms with Crippen molar-refractivity contribution in [3.63, 3.8) is 0 Å². The van der Waals surface area contributed by atoms with Crippen LogP contribution in [0, 0.1) is 5.41 Å². The molecule has 5 heteroatoms. The Hall–Kier alpha value is -1.26. The quantitative estimate of drug-likeness (QED) is 0.862. The zero-order valence-corrected chi connectivity index (χ0v) is 11.5. The van der Waals surface area contributed by atoms with Gasteiger partial charge in [0.05, 0.1) is 12.7 Å². The first-order valence-electron chi connectivity index (χ1n) is 5.62. The van der Waals surface area contributed by atoms with Gasteiger partial charge in [0.15, 0.2) is 0 Å². The molecule has 0 fully saturated rings. The van der Waals surface area contributed by atoms with Gasteiger partial charge in [0.1, 0.15) is 5.75 Å². The lowest BCUT2D eigenvalue weighted by molar-refractivity contribution is 0.0908. The van der Waals surface area contributed by atoms with Gasteiger partial charge >= 0.3 is 0 Å². The van der Waals surface area contributed by atoms with Crippen molar-refractivity contribution in [2.45, 2.75) is 13.8 Å². The molecule has 1 aromatic rings. The number of hydrogen-bond donors (Lipinski definition) is 2. The molecule has 1 aromatic carbocycles. The lowest BCUT2D eigenvalue weighted by Gasteiger charge is -2.22. The Morgan fingerprint density at radius 1 is 1.50 bits per heavy atom. The summed E-state index contributed by atoms with van der Waals surface area (Å²) < 4.78 is 5.11. The van der Waals surface area contributed by atoms with Crippen LogP contribution in [0.1, 0.15) is 24.2 Å². The van der Waals surface area contributed by atoms with Crippen LogP contribution in [0.5, 0.6) is 5.75 Å². The lowest BCUT2D eigenvalue weighted by atomic mass is 9.95. The van der Waals surface area contributed by atoms with Crippen LogP contribution in [0.4, 0.5) is 0 Å². The SMILES string of the molecule is COc1cc(Cl)ccc1C(=O)NCC(C)(C)CO. The molecule has 0 bridgehead atoms. The van der Waals surface area contributed by atoms with E-state index in [2.05, 4.69) is 5.32 Å². The van der Waals surface area contributed by atoms with E-state index in [0.717, 1.165) is 0 Å². The minimum atomic E-state index is -0.352. The Morgan fingerprint density at radius 2 is 2.17 bits per heavy atom. The van der Waals surface area contributed by atoms with Crippen LogP contribution in [0.3, 0.4) is 0 Å². The highest BCUT2D eigenvalue weighted by Crippen LogP contribution is 2.23. The first-order chi connectivity index (χ1) is 8.39. The molecule has 100 valence electrons. The summed E-state index contributed by atoms with van der Waals surface area (Å²) in [5, 5.41) is 12.4. The number of carbonyl (C=O) groups is 1. The number of hydrogen-bond acceptors (Lipinski definition) is 3. The summed E-state index contributed by atoms with van der Waals surface area (Å²) in [6.07, 6.45) is 0. The number of benzene rings is 1. The zero-order valence-electron chi connectivity index (χ0n) is 10.8.